The van der Waals surface area contributed by atoms with Gasteiger partial charge in [0, 0.05) is 37.7 Å². The van der Waals surface area contributed by atoms with Crippen molar-refractivity contribution in [1.29, 1.82) is 0 Å². The third-order valence-corrected chi connectivity index (χ3v) is 6.22. The molecule has 1 saturated heterocycles. The summed E-state index contributed by atoms with van der Waals surface area (Å²) in [7, 11) is 1.74. The fourth-order valence-electron chi connectivity index (χ4n) is 4.57. The molecule has 182 valence electrons. The lowest BCUT2D eigenvalue weighted by Gasteiger charge is -2.22. The molecule has 2 amide bonds. The van der Waals surface area contributed by atoms with E-state index in [1.54, 1.807) is 48.6 Å². The van der Waals surface area contributed by atoms with E-state index < -0.39 is 11.7 Å². The van der Waals surface area contributed by atoms with Crippen molar-refractivity contribution in [2.45, 2.75) is 18.9 Å². The molecule has 1 atom stereocenters. The molecule has 0 spiro atoms. The summed E-state index contributed by atoms with van der Waals surface area (Å²) in [4.78, 5) is 40.2. The average Bonchev–Trinajstić information content (AvgIpc) is 3.53. The SMILES string of the molecule is C=CC(=O)N1CCCC1c1nc(-c2ccc(C(=O)Nc3ccccn3)c(F)c2)c2c(NC)nccn12. The topological polar surface area (TPSA) is 105 Å². The zero-order valence-corrected chi connectivity index (χ0v) is 19.6. The van der Waals surface area contributed by atoms with Crippen LogP contribution >= 0.6 is 0 Å². The summed E-state index contributed by atoms with van der Waals surface area (Å²) in [6.45, 7) is 4.23. The average molecular weight is 486 g/mol. The molecule has 2 N–H and O–H groups in total. The summed E-state index contributed by atoms with van der Waals surface area (Å²) < 4.78 is 17.1. The van der Waals surface area contributed by atoms with Gasteiger partial charge in [0.25, 0.3) is 5.91 Å². The third-order valence-electron chi connectivity index (χ3n) is 6.22. The molecule has 4 heterocycles. The highest BCUT2D eigenvalue weighted by Crippen LogP contribution is 2.37. The maximum Gasteiger partial charge on any atom is 0.259 e. The number of fused-ring (bicyclic) bond motifs is 1. The Morgan fingerprint density at radius 3 is 2.78 bits per heavy atom. The molecule has 0 saturated carbocycles. The van der Waals surface area contributed by atoms with Gasteiger partial charge in [-0.3, -0.25) is 14.0 Å². The normalized spacial score (nSPS) is 15.2. The van der Waals surface area contributed by atoms with Crippen LogP contribution in [0.5, 0.6) is 0 Å². The van der Waals surface area contributed by atoms with E-state index in [2.05, 4.69) is 27.2 Å². The van der Waals surface area contributed by atoms with Gasteiger partial charge < -0.3 is 15.5 Å². The summed E-state index contributed by atoms with van der Waals surface area (Å²) in [6.07, 6.45) is 7.86. The largest absolute Gasteiger partial charge is 0.371 e. The predicted octanol–water partition coefficient (Wildman–Crippen LogP) is 4.07. The van der Waals surface area contributed by atoms with Crippen LogP contribution in [0.2, 0.25) is 0 Å². The van der Waals surface area contributed by atoms with E-state index in [-0.39, 0.29) is 17.5 Å². The summed E-state index contributed by atoms with van der Waals surface area (Å²) >= 11 is 0. The van der Waals surface area contributed by atoms with E-state index in [1.165, 1.54) is 24.4 Å². The molecule has 1 unspecified atom stereocenters. The number of hydrogen-bond donors (Lipinski definition) is 2. The molecule has 0 radical (unpaired) electrons. The Kier molecular flexibility index (Phi) is 6.16. The van der Waals surface area contributed by atoms with E-state index in [0.29, 0.717) is 40.8 Å². The van der Waals surface area contributed by atoms with Crippen molar-refractivity contribution < 1.29 is 14.0 Å². The van der Waals surface area contributed by atoms with Gasteiger partial charge in [0.05, 0.1) is 11.6 Å². The number of likely N-dealkylation sites (tertiary alicyclic amines) is 1. The number of amides is 2. The lowest BCUT2D eigenvalue weighted by molar-refractivity contribution is -0.127. The van der Waals surface area contributed by atoms with Crippen LogP contribution in [-0.2, 0) is 4.79 Å². The molecule has 1 aliphatic heterocycles. The van der Waals surface area contributed by atoms with Crippen LogP contribution in [0.25, 0.3) is 16.8 Å². The number of nitrogens with zero attached hydrogens (tertiary/aromatic N) is 5. The number of benzene rings is 1. The number of rotatable bonds is 6. The maximum absolute atomic E-state index is 15.2. The Balaban J connectivity index is 1.57. The minimum absolute atomic E-state index is 0.112. The first kappa shape index (κ1) is 23.2. The van der Waals surface area contributed by atoms with Crippen molar-refractivity contribution >= 4 is 29.0 Å². The second-order valence-electron chi connectivity index (χ2n) is 8.32. The number of carbonyl (C=O) groups is 2. The van der Waals surface area contributed by atoms with E-state index in [1.807, 2.05) is 4.40 Å². The number of carbonyl (C=O) groups excluding carboxylic acids is 2. The van der Waals surface area contributed by atoms with Gasteiger partial charge in [-0.25, -0.2) is 19.3 Å². The van der Waals surface area contributed by atoms with E-state index in [9.17, 15) is 9.59 Å². The monoisotopic (exact) mass is 485 g/mol. The highest BCUT2D eigenvalue weighted by molar-refractivity contribution is 6.04. The Morgan fingerprint density at radius 2 is 2.06 bits per heavy atom. The molecule has 1 aromatic carbocycles. The number of aromatic nitrogens is 4. The molecule has 36 heavy (non-hydrogen) atoms. The van der Waals surface area contributed by atoms with Crippen molar-refractivity contribution in [2.24, 2.45) is 0 Å². The zero-order chi connectivity index (χ0) is 25.2. The molecule has 0 aliphatic carbocycles. The molecule has 3 aromatic heterocycles. The zero-order valence-electron chi connectivity index (χ0n) is 19.6. The minimum Gasteiger partial charge on any atom is -0.371 e. The highest BCUT2D eigenvalue weighted by atomic mass is 19.1. The molecular weight excluding hydrogens is 461 g/mol. The van der Waals surface area contributed by atoms with E-state index in [4.69, 9.17) is 4.98 Å². The van der Waals surface area contributed by atoms with Crippen LogP contribution in [-0.4, -0.2) is 49.7 Å². The van der Waals surface area contributed by atoms with Crippen LogP contribution in [0.15, 0.2) is 67.6 Å². The Bertz CT molecular complexity index is 1470. The molecule has 1 fully saturated rings. The minimum atomic E-state index is -0.692. The first-order valence-electron chi connectivity index (χ1n) is 11.5. The number of anilines is 2. The van der Waals surface area contributed by atoms with Crippen LogP contribution in [0, 0.1) is 5.82 Å². The van der Waals surface area contributed by atoms with Gasteiger partial charge in [0.2, 0.25) is 5.91 Å². The van der Waals surface area contributed by atoms with Crippen molar-refractivity contribution in [3.8, 4) is 11.3 Å². The van der Waals surface area contributed by atoms with Gasteiger partial charge in [-0.2, -0.15) is 0 Å². The van der Waals surface area contributed by atoms with Gasteiger partial charge in [-0.15, -0.1) is 0 Å². The molecule has 4 aromatic rings. The van der Waals surface area contributed by atoms with Crippen LogP contribution < -0.4 is 10.6 Å². The van der Waals surface area contributed by atoms with Crippen molar-refractivity contribution in [2.75, 3.05) is 24.2 Å². The van der Waals surface area contributed by atoms with Gasteiger partial charge in [0.1, 0.15) is 28.7 Å². The van der Waals surface area contributed by atoms with Gasteiger partial charge in [-0.1, -0.05) is 18.7 Å². The first-order chi connectivity index (χ1) is 17.5. The number of pyridine rings is 1. The standard InChI is InChI=1S/C26H24FN7O2/c1-3-21(35)33-13-6-7-19(33)25-32-22(23-24(28-2)30-12-14-34(23)25)16-9-10-17(18(27)15-16)26(36)31-20-8-4-5-11-29-20/h3-5,8-12,14-15,19H,1,6-7,13H2,2H3,(H,28,30)(H,29,31,36). The van der Waals surface area contributed by atoms with Crippen molar-refractivity contribution in [3.63, 3.8) is 0 Å². The molecule has 0 bridgehead atoms. The summed E-state index contributed by atoms with van der Waals surface area (Å²) in [5, 5.41) is 5.66. The van der Waals surface area contributed by atoms with Crippen LogP contribution in [0.4, 0.5) is 16.0 Å². The summed E-state index contributed by atoms with van der Waals surface area (Å²) in [5.74, 6) is 0.0916. The molecule has 10 heteroatoms. The second kappa shape index (κ2) is 9.57. The highest BCUT2D eigenvalue weighted by Gasteiger charge is 2.33. The molecule has 5 rings (SSSR count). The predicted molar refractivity (Wildman–Crippen MR) is 134 cm³/mol. The van der Waals surface area contributed by atoms with Crippen molar-refractivity contribution in [3.05, 3.63) is 84.8 Å². The maximum atomic E-state index is 15.2. The van der Waals surface area contributed by atoms with Gasteiger partial charge >= 0.3 is 0 Å². The van der Waals surface area contributed by atoms with E-state index in [0.717, 1.165) is 12.8 Å². The second-order valence-corrected chi connectivity index (χ2v) is 8.32. The molecule has 1 aliphatic rings. The summed E-state index contributed by atoms with van der Waals surface area (Å²) in [6, 6.07) is 9.18. The van der Waals surface area contributed by atoms with Gasteiger partial charge in [0.15, 0.2) is 5.82 Å². The molecular formula is C26H24FN7O2. The van der Waals surface area contributed by atoms with Gasteiger partial charge in [-0.05, 0) is 43.2 Å². The fourth-order valence-corrected chi connectivity index (χ4v) is 4.57. The third kappa shape index (κ3) is 4.06. The van der Waals surface area contributed by atoms with Crippen molar-refractivity contribution in [1.82, 2.24) is 24.3 Å². The molecule has 9 nitrogen and oxygen atoms in total. The van der Waals surface area contributed by atoms with Crippen LogP contribution in [0.1, 0.15) is 35.1 Å². The number of hydrogen-bond acceptors (Lipinski definition) is 6. The lowest BCUT2D eigenvalue weighted by atomic mass is 10.1. The lowest BCUT2D eigenvalue weighted by Crippen LogP contribution is -2.29. The number of halogens is 1. The van der Waals surface area contributed by atoms with E-state index >= 15 is 4.39 Å². The van der Waals surface area contributed by atoms with Crippen LogP contribution in [0.3, 0.4) is 0 Å². The first-order valence-corrected chi connectivity index (χ1v) is 11.5. The Hall–Kier alpha value is -4.60. The number of nitrogens with one attached hydrogen (secondary N) is 2. The smallest absolute Gasteiger partial charge is 0.259 e. The Labute approximate surface area is 206 Å². The number of imidazole rings is 1. The fraction of sp³-hybridized carbons (Fsp3) is 0.192. The Morgan fingerprint density at radius 1 is 1.19 bits per heavy atom. The quantitative estimate of drug-likeness (QED) is 0.399. The summed E-state index contributed by atoms with van der Waals surface area (Å²) in [5.41, 5.74) is 1.52.